The Morgan fingerprint density at radius 1 is 1.22 bits per heavy atom. The normalized spacial score (nSPS) is 27.4. The van der Waals surface area contributed by atoms with Crippen LogP contribution in [0.2, 0.25) is 0 Å². The zero-order valence-electron chi connectivity index (χ0n) is 16.0. The van der Waals surface area contributed by atoms with E-state index < -0.39 is 5.54 Å². The van der Waals surface area contributed by atoms with Crippen molar-refractivity contribution in [1.82, 2.24) is 15.1 Å². The molecule has 0 unspecified atom stereocenters. The zero-order chi connectivity index (χ0) is 19.0. The van der Waals surface area contributed by atoms with Gasteiger partial charge in [-0.15, -0.1) is 0 Å². The Morgan fingerprint density at radius 3 is 2.78 bits per heavy atom. The van der Waals surface area contributed by atoms with Crippen LogP contribution in [0.25, 0.3) is 0 Å². The molecule has 7 nitrogen and oxygen atoms in total. The summed E-state index contributed by atoms with van der Waals surface area (Å²) in [5.41, 5.74) is 0.349. The second-order valence-corrected chi connectivity index (χ2v) is 7.92. The minimum atomic E-state index is -0.701. The van der Waals surface area contributed by atoms with Crippen molar-refractivity contribution in [2.75, 3.05) is 26.9 Å². The Morgan fingerprint density at radius 2 is 2.00 bits per heavy atom. The van der Waals surface area contributed by atoms with E-state index in [1.54, 1.807) is 0 Å². The molecule has 3 aliphatic rings. The molecule has 146 valence electrons. The minimum absolute atomic E-state index is 0.0753. The summed E-state index contributed by atoms with van der Waals surface area (Å²) >= 11 is 0. The zero-order valence-corrected chi connectivity index (χ0v) is 16.0. The number of benzene rings is 1. The highest BCUT2D eigenvalue weighted by Gasteiger charge is 2.54. The van der Waals surface area contributed by atoms with E-state index in [0.29, 0.717) is 19.8 Å². The lowest BCUT2D eigenvalue weighted by Gasteiger charge is -2.37. The van der Waals surface area contributed by atoms with Gasteiger partial charge in [0.25, 0.3) is 5.91 Å². The van der Waals surface area contributed by atoms with E-state index in [0.717, 1.165) is 42.7 Å². The maximum atomic E-state index is 13.1. The van der Waals surface area contributed by atoms with Crippen molar-refractivity contribution in [3.8, 4) is 11.5 Å². The lowest BCUT2D eigenvalue weighted by molar-refractivity contribution is -0.135. The van der Waals surface area contributed by atoms with E-state index >= 15 is 0 Å². The number of carbonyl (C=O) groups excluding carboxylic acids is 2. The van der Waals surface area contributed by atoms with Gasteiger partial charge in [-0.3, -0.25) is 9.69 Å². The largest absolute Gasteiger partial charge is 0.486 e. The third-order valence-corrected chi connectivity index (χ3v) is 5.94. The van der Waals surface area contributed by atoms with Crippen LogP contribution in [0.4, 0.5) is 4.79 Å². The molecule has 1 aromatic carbocycles. The maximum Gasteiger partial charge on any atom is 0.326 e. The van der Waals surface area contributed by atoms with E-state index in [9.17, 15) is 9.59 Å². The summed E-state index contributed by atoms with van der Waals surface area (Å²) < 4.78 is 11.2. The van der Waals surface area contributed by atoms with Crippen molar-refractivity contribution in [3.05, 3.63) is 23.8 Å². The second-order valence-electron chi connectivity index (χ2n) is 7.92. The Kier molecular flexibility index (Phi) is 4.72. The van der Waals surface area contributed by atoms with Crippen LogP contribution in [0, 0.1) is 5.92 Å². The van der Waals surface area contributed by atoms with Crippen LogP contribution in [0.1, 0.15) is 38.2 Å². The molecule has 2 heterocycles. The third kappa shape index (κ3) is 3.25. The van der Waals surface area contributed by atoms with Crippen LogP contribution in [0.5, 0.6) is 11.5 Å². The van der Waals surface area contributed by atoms with Crippen molar-refractivity contribution in [2.45, 2.75) is 44.7 Å². The standard InChI is InChI=1S/C20H27N3O4/c1-14-5-3-4-8-20(14)18(24)23(19(25)21-20)13-22(2)12-15-6-7-16-17(11-15)27-10-9-26-16/h6-7,11,14H,3-5,8-10,12-13H2,1-2H3,(H,21,25)/t14-,20+/m1/s1. The number of nitrogens with zero attached hydrogens (tertiary/aromatic N) is 2. The molecule has 0 aromatic heterocycles. The van der Waals surface area contributed by atoms with E-state index in [1.165, 1.54) is 4.90 Å². The second kappa shape index (κ2) is 7.03. The van der Waals surface area contributed by atoms with Crippen LogP contribution < -0.4 is 14.8 Å². The van der Waals surface area contributed by atoms with E-state index in [-0.39, 0.29) is 24.5 Å². The van der Waals surface area contributed by atoms with Crippen LogP contribution in [0.3, 0.4) is 0 Å². The highest BCUT2D eigenvalue weighted by atomic mass is 16.6. The molecular formula is C20H27N3O4. The van der Waals surface area contributed by atoms with E-state index in [2.05, 4.69) is 12.2 Å². The number of rotatable bonds is 4. The molecule has 2 aliphatic heterocycles. The van der Waals surface area contributed by atoms with Gasteiger partial charge in [0.1, 0.15) is 18.8 Å². The van der Waals surface area contributed by atoms with Gasteiger partial charge in [0.05, 0.1) is 6.67 Å². The molecule has 4 rings (SSSR count). The molecule has 2 atom stereocenters. The fourth-order valence-corrected chi connectivity index (χ4v) is 4.41. The van der Waals surface area contributed by atoms with Crippen LogP contribution in [-0.4, -0.2) is 54.2 Å². The smallest absolute Gasteiger partial charge is 0.326 e. The number of carbonyl (C=O) groups is 2. The molecule has 1 saturated heterocycles. The van der Waals surface area contributed by atoms with Gasteiger partial charge in [0.2, 0.25) is 0 Å². The van der Waals surface area contributed by atoms with E-state index in [4.69, 9.17) is 9.47 Å². The van der Waals surface area contributed by atoms with Gasteiger partial charge in [0, 0.05) is 6.54 Å². The van der Waals surface area contributed by atoms with Gasteiger partial charge < -0.3 is 14.8 Å². The summed E-state index contributed by atoms with van der Waals surface area (Å²) in [5, 5.41) is 3.00. The van der Waals surface area contributed by atoms with Crippen molar-refractivity contribution < 1.29 is 19.1 Å². The average Bonchev–Trinajstić information content (AvgIpc) is 2.89. The minimum Gasteiger partial charge on any atom is -0.486 e. The van der Waals surface area contributed by atoms with Gasteiger partial charge in [-0.2, -0.15) is 0 Å². The van der Waals surface area contributed by atoms with E-state index in [1.807, 2.05) is 30.1 Å². The van der Waals surface area contributed by atoms with Gasteiger partial charge >= 0.3 is 6.03 Å². The summed E-state index contributed by atoms with van der Waals surface area (Å²) in [5.74, 6) is 1.61. The number of amides is 3. The van der Waals surface area contributed by atoms with Gasteiger partial charge in [-0.25, -0.2) is 9.69 Å². The fourth-order valence-electron chi connectivity index (χ4n) is 4.41. The topological polar surface area (TPSA) is 71.1 Å². The van der Waals surface area contributed by atoms with Gasteiger partial charge in [0.15, 0.2) is 11.5 Å². The molecule has 1 spiro atoms. The number of ether oxygens (including phenoxy) is 2. The number of urea groups is 1. The summed E-state index contributed by atoms with van der Waals surface area (Å²) in [6, 6.07) is 5.58. The number of hydrogen-bond donors (Lipinski definition) is 1. The Hall–Kier alpha value is -2.28. The first-order valence-corrected chi connectivity index (χ1v) is 9.71. The first-order chi connectivity index (χ1) is 13.0. The predicted octanol–water partition coefficient (Wildman–Crippen LogP) is 2.35. The highest BCUT2D eigenvalue weighted by molar-refractivity contribution is 6.07. The predicted molar refractivity (Wildman–Crippen MR) is 99.5 cm³/mol. The molecule has 27 heavy (non-hydrogen) atoms. The Bertz CT molecular complexity index is 753. The number of hydrogen-bond acceptors (Lipinski definition) is 5. The molecule has 1 saturated carbocycles. The molecule has 0 bridgehead atoms. The number of imide groups is 1. The van der Waals surface area contributed by atoms with Crippen molar-refractivity contribution in [3.63, 3.8) is 0 Å². The monoisotopic (exact) mass is 373 g/mol. The van der Waals surface area contributed by atoms with Gasteiger partial charge in [-0.1, -0.05) is 25.8 Å². The number of nitrogens with one attached hydrogen (secondary N) is 1. The highest BCUT2D eigenvalue weighted by Crippen LogP contribution is 2.38. The quantitative estimate of drug-likeness (QED) is 0.821. The van der Waals surface area contributed by atoms with Crippen molar-refractivity contribution in [1.29, 1.82) is 0 Å². The van der Waals surface area contributed by atoms with Crippen molar-refractivity contribution >= 4 is 11.9 Å². The first kappa shape index (κ1) is 18.1. The van der Waals surface area contributed by atoms with Crippen LogP contribution in [0.15, 0.2) is 18.2 Å². The molecule has 2 fully saturated rings. The summed E-state index contributed by atoms with van der Waals surface area (Å²) in [6.07, 6.45) is 3.82. The molecule has 7 heteroatoms. The SMILES string of the molecule is C[C@@H]1CCCC[C@]12NC(=O)N(CN(C)Cc1ccc3c(c1)OCCO3)C2=O. The molecule has 3 amide bonds. The summed E-state index contributed by atoms with van der Waals surface area (Å²) in [4.78, 5) is 28.9. The lowest BCUT2D eigenvalue weighted by atomic mass is 9.73. The fraction of sp³-hybridized carbons (Fsp3) is 0.600. The summed E-state index contributed by atoms with van der Waals surface area (Å²) in [6.45, 7) is 4.07. The number of fused-ring (bicyclic) bond motifs is 1. The van der Waals surface area contributed by atoms with Gasteiger partial charge in [-0.05, 0) is 43.5 Å². The molecule has 1 aromatic rings. The maximum absolute atomic E-state index is 13.1. The third-order valence-electron chi connectivity index (χ3n) is 5.94. The van der Waals surface area contributed by atoms with Crippen LogP contribution >= 0.6 is 0 Å². The summed E-state index contributed by atoms with van der Waals surface area (Å²) in [7, 11) is 1.91. The molecular weight excluding hydrogens is 346 g/mol. The molecule has 1 aliphatic carbocycles. The molecule has 0 radical (unpaired) electrons. The van der Waals surface area contributed by atoms with Crippen molar-refractivity contribution in [2.24, 2.45) is 5.92 Å². The van der Waals surface area contributed by atoms with Crippen LogP contribution in [-0.2, 0) is 11.3 Å². The first-order valence-electron chi connectivity index (χ1n) is 9.71. The molecule has 1 N–H and O–H groups in total. The Balaban J connectivity index is 1.43. The average molecular weight is 373 g/mol. The Labute approximate surface area is 159 Å². The lowest BCUT2D eigenvalue weighted by Crippen LogP contribution is -2.54.